The summed E-state index contributed by atoms with van der Waals surface area (Å²) in [5.41, 5.74) is 0. The van der Waals surface area contributed by atoms with Crippen LogP contribution in [0.5, 0.6) is 0 Å². The average molecular weight is 126 g/mol. The van der Waals surface area contributed by atoms with Crippen molar-refractivity contribution in [2.24, 2.45) is 5.92 Å². The van der Waals surface area contributed by atoms with Gasteiger partial charge in [-0.15, -0.1) is 0 Å². The molecule has 0 amide bonds. The van der Waals surface area contributed by atoms with E-state index in [4.69, 9.17) is 4.74 Å². The number of esters is 1. The summed E-state index contributed by atoms with van der Waals surface area (Å²) in [6.45, 7) is 2.63. The number of carbonyl (C=O) groups excluding carboxylic acids is 1. The normalized spacial score (nSPS) is 27.2. The van der Waals surface area contributed by atoms with Gasteiger partial charge in [0.2, 0.25) is 0 Å². The van der Waals surface area contributed by atoms with Crippen molar-refractivity contribution in [1.29, 1.82) is 0 Å². The van der Waals surface area contributed by atoms with Gasteiger partial charge in [0.05, 0.1) is 6.61 Å². The number of carbonyl (C=O) groups is 1. The zero-order valence-electron chi connectivity index (χ0n) is 5.46. The molecule has 2 heteroatoms. The third kappa shape index (κ3) is 1.88. The van der Waals surface area contributed by atoms with Crippen LogP contribution in [0.1, 0.15) is 13.3 Å². The zero-order chi connectivity index (χ0) is 6.69. The minimum Gasteiger partial charge on any atom is -0.463 e. The molecule has 0 radical (unpaired) electrons. The highest BCUT2D eigenvalue weighted by Gasteiger charge is 2.05. The van der Waals surface area contributed by atoms with E-state index in [0.717, 1.165) is 6.42 Å². The topological polar surface area (TPSA) is 26.3 Å². The van der Waals surface area contributed by atoms with Gasteiger partial charge in [-0.2, -0.15) is 0 Å². The molecule has 0 aromatic rings. The highest BCUT2D eigenvalue weighted by molar-refractivity contribution is 5.82. The van der Waals surface area contributed by atoms with E-state index >= 15 is 0 Å². The molecule has 0 aliphatic carbocycles. The molecule has 0 fully saturated rings. The molecule has 1 aliphatic rings. The Balaban J connectivity index is 2.52. The predicted molar refractivity (Wildman–Crippen MR) is 33.9 cm³/mol. The van der Waals surface area contributed by atoms with E-state index in [1.54, 1.807) is 0 Å². The van der Waals surface area contributed by atoms with Crippen molar-refractivity contribution in [2.75, 3.05) is 6.61 Å². The summed E-state index contributed by atoms with van der Waals surface area (Å²) in [5.74, 6) is 0.274. The van der Waals surface area contributed by atoms with Gasteiger partial charge in [-0.25, -0.2) is 4.79 Å². The molecule has 0 saturated carbocycles. The quantitative estimate of drug-likeness (QED) is 0.455. The molecule has 9 heavy (non-hydrogen) atoms. The predicted octanol–water partition coefficient (Wildman–Crippen LogP) is 1.13. The van der Waals surface area contributed by atoms with Gasteiger partial charge in [0.25, 0.3) is 0 Å². The van der Waals surface area contributed by atoms with Crippen LogP contribution in [-0.4, -0.2) is 12.6 Å². The molecule has 0 saturated heterocycles. The molecule has 0 aromatic carbocycles. The molecule has 50 valence electrons. The van der Waals surface area contributed by atoms with Gasteiger partial charge in [0, 0.05) is 6.08 Å². The van der Waals surface area contributed by atoms with Gasteiger partial charge in [0.1, 0.15) is 0 Å². The second-order valence-electron chi connectivity index (χ2n) is 2.29. The van der Waals surface area contributed by atoms with Crippen molar-refractivity contribution in [3.8, 4) is 0 Å². The summed E-state index contributed by atoms with van der Waals surface area (Å²) in [6, 6.07) is 0. The number of ether oxygens (including phenoxy) is 1. The van der Waals surface area contributed by atoms with Gasteiger partial charge in [-0.3, -0.25) is 0 Å². The van der Waals surface area contributed by atoms with Crippen LogP contribution in [0, 0.1) is 5.92 Å². The molecule has 0 spiro atoms. The van der Waals surface area contributed by atoms with E-state index in [9.17, 15) is 4.79 Å². The van der Waals surface area contributed by atoms with Crippen LogP contribution in [-0.2, 0) is 9.53 Å². The summed E-state index contributed by atoms with van der Waals surface area (Å²) in [4.78, 5) is 10.5. The fraction of sp³-hybridized carbons (Fsp3) is 0.571. The molecular formula is C7H10O2. The van der Waals surface area contributed by atoms with E-state index in [0.29, 0.717) is 12.5 Å². The zero-order valence-corrected chi connectivity index (χ0v) is 5.46. The summed E-state index contributed by atoms with van der Waals surface area (Å²) in [7, 11) is 0. The summed E-state index contributed by atoms with van der Waals surface area (Å²) >= 11 is 0. The first-order valence-corrected chi connectivity index (χ1v) is 3.14. The lowest BCUT2D eigenvalue weighted by atomic mass is 10.1. The lowest BCUT2D eigenvalue weighted by Gasteiger charge is -1.99. The molecule has 0 aromatic heterocycles. The van der Waals surface area contributed by atoms with Crippen molar-refractivity contribution in [3.05, 3.63) is 12.2 Å². The fourth-order valence-electron chi connectivity index (χ4n) is 0.733. The number of allylic oxidation sites excluding steroid dienone is 1. The van der Waals surface area contributed by atoms with Crippen molar-refractivity contribution >= 4 is 5.97 Å². The number of hydrogen-bond donors (Lipinski definition) is 0. The molecule has 1 heterocycles. The maximum Gasteiger partial charge on any atom is 0.330 e. The largest absolute Gasteiger partial charge is 0.463 e. The fourth-order valence-corrected chi connectivity index (χ4v) is 0.733. The maximum absolute atomic E-state index is 10.5. The Morgan fingerprint density at radius 3 is 3.33 bits per heavy atom. The number of cyclic esters (lactones) is 1. The van der Waals surface area contributed by atoms with Gasteiger partial charge in [-0.1, -0.05) is 13.0 Å². The molecule has 1 atom stereocenters. The third-order valence-electron chi connectivity index (χ3n) is 1.38. The van der Waals surface area contributed by atoms with Crippen molar-refractivity contribution in [1.82, 2.24) is 0 Å². The first-order valence-electron chi connectivity index (χ1n) is 3.14. The van der Waals surface area contributed by atoms with E-state index in [1.165, 1.54) is 6.08 Å². The average Bonchev–Trinajstić information content (AvgIpc) is 1.97. The highest BCUT2D eigenvalue weighted by Crippen LogP contribution is 2.07. The lowest BCUT2D eigenvalue weighted by Crippen LogP contribution is -1.99. The van der Waals surface area contributed by atoms with Crippen LogP contribution in [0.15, 0.2) is 12.2 Å². The molecule has 1 rings (SSSR count). The molecule has 2 nitrogen and oxygen atoms in total. The second kappa shape index (κ2) is 2.67. The Bertz CT molecular complexity index is 138. The Labute approximate surface area is 54.5 Å². The van der Waals surface area contributed by atoms with Crippen LogP contribution < -0.4 is 0 Å². The van der Waals surface area contributed by atoms with Gasteiger partial charge in [0.15, 0.2) is 0 Å². The summed E-state index contributed by atoms with van der Waals surface area (Å²) < 4.78 is 4.75. The molecule has 0 N–H and O–H groups in total. The van der Waals surface area contributed by atoms with Crippen LogP contribution in [0.4, 0.5) is 0 Å². The van der Waals surface area contributed by atoms with Crippen LogP contribution in [0.3, 0.4) is 0 Å². The number of hydrogen-bond acceptors (Lipinski definition) is 2. The Morgan fingerprint density at radius 1 is 1.78 bits per heavy atom. The minimum absolute atomic E-state index is 0.209. The molecule has 0 bridgehead atoms. The SMILES string of the molecule is C[C@H]1C=CC(=O)OCC1. The standard InChI is InChI=1S/C7H10O2/c1-6-2-3-7(8)9-5-4-6/h2-3,6H,4-5H2,1H3/t6-/m0/s1. The van der Waals surface area contributed by atoms with E-state index in [-0.39, 0.29) is 5.97 Å². The summed E-state index contributed by atoms with van der Waals surface area (Å²) in [6.07, 6.45) is 4.33. The first-order chi connectivity index (χ1) is 4.29. The van der Waals surface area contributed by atoms with E-state index in [2.05, 4.69) is 6.92 Å². The van der Waals surface area contributed by atoms with Crippen LogP contribution >= 0.6 is 0 Å². The van der Waals surface area contributed by atoms with Crippen molar-refractivity contribution in [2.45, 2.75) is 13.3 Å². The summed E-state index contributed by atoms with van der Waals surface area (Å²) in [5, 5.41) is 0. The van der Waals surface area contributed by atoms with Crippen LogP contribution in [0.25, 0.3) is 0 Å². The highest BCUT2D eigenvalue weighted by atomic mass is 16.5. The third-order valence-corrected chi connectivity index (χ3v) is 1.38. The van der Waals surface area contributed by atoms with Crippen LogP contribution in [0.2, 0.25) is 0 Å². The molecular weight excluding hydrogens is 116 g/mol. The van der Waals surface area contributed by atoms with E-state index < -0.39 is 0 Å². The smallest absolute Gasteiger partial charge is 0.330 e. The minimum atomic E-state index is -0.209. The molecule has 0 unspecified atom stereocenters. The Kier molecular flexibility index (Phi) is 1.88. The van der Waals surface area contributed by atoms with Crippen molar-refractivity contribution in [3.63, 3.8) is 0 Å². The van der Waals surface area contributed by atoms with E-state index in [1.807, 2.05) is 6.08 Å². The van der Waals surface area contributed by atoms with Gasteiger partial charge in [-0.05, 0) is 12.3 Å². The second-order valence-corrected chi connectivity index (χ2v) is 2.29. The Morgan fingerprint density at radius 2 is 2.56 bits per heavy atom. The van der Waals surface area contributed by atoms with Gasteiger partial charge >= 0.3 is 5.97 Å². The first kappa shape index (κ1) is 6.33. The molecule has 1 aliphatic heterocycles. The maximum atomic E-state index is 10.5. The van der Waals surface area contributed by atoms with Crippen molar-refractivity contribution < 1.29 is 9.53 Å². The lowest BCUT2D eigenvalue weighted by molar-refractivity contribution is -0.137. The Hall–Kier alpha value is -0.790. The van der Waals surface area contributed by atoms with Gasteiger partial charge < -0.3 is 4.74 Å². The monoisotopic (exact) mass is 126 g/mol. The number of rotatable bonds is 0.